The zero-order valence-electron chi connectivity index (χ0n) is 12.4. The molecule has 2 aliphatic carbocycles. The van der Waals surface area contributed by atoms with E-state index >= 15 is 0 Å². The van der Waals surface area contributed by atoms with Crippen LogP contribution in [0.25, 0.3) is 0 Å². The molecule has 0 spiro atoms. The van der Waals surface area contributed by atoms with E-state index in [1.54, 1.807) is 0 Å². The van der Waals surface area contributed by atoms with Crippen LogP contribution in [0.1, 0.15) is 55.2 Å². The summed E-state index contributed by atoms with van der Waals surface area (Å²) in [5.41, 5.74) is 11.0. The van der Waals surface area contributed by atoms with E-state index in [4.69, 9.17) is 5.73 Å². The minimum absolute atomic E-state index is 0.0627. The van der Waals surface area contributed by atoms with E-state index in [9.17, 15) is 0 Å². The van der Waals surface area contributed by atoms with Gasteiger partial charge in [-0.25, -0.2) is 0 Å². The van der Waals surface area contributed by atoms with Crippen molar-refractivity contribution in [2.24, 2.45) is 17.6 Å². The molecule has 1 nitrogen and oxygen atoms in total. The molecule has 2 N–H and O–H groups in total. The van der Waals surface area contributed by atoms with Crippen molar-refractivity contribution < 1.29 is 0 Å². The highest BCUT2D eigenvalue weighted by Crippen LogP contribution is 2.46. The highest BCUT2D eigenvalue weighted by atomic mass is 14.8. The Hall–Kier alpha value is -0.820. The van der Waals surface area contributed by atoms with E-state index in [1.165, 1.54) is 55.2 Å². The van der Waals surface area contributed by atoms with E-state index in [0.29, 0.717) is 0 Å². The van der Waals surface area contributed by atoms with Crippen molar-refractivity contribution in [1.29, 1.82) is 0 Å². The average molecular weight is 257 g/mol. The lowest BCUT2D eigenvalue weighted by atomic mass is 9.71. The van der Waals surface area contributed by atoms with Gasteiger partial charge in [0.2, 0.25) is 0 Å². The average Bonchev–Trinajstić information content (AvgIpc) is 3.18. The van der Waals surface area contributed by atoms with Crippen molar-refractivity contribution in [1.82, 2.24) is 0 Å². The number of hydrogen-bond acceptors (Lipinski definition) is 1. The largest absolute Gasteiger partial charge is 0.325 e. The van der Waals surface area contributed by atoms with Gasteiger partial charge in [-0.05, 0) is 74.5 Å². The molecule has 3 rings (SSSR count). The molecule has 2 fully saturated rings. The van der Waals surface area contributed by atoms with Crippen LogP contribution in [0.3, 0.4) is 0 Å². The summed E-state index contributed by atoms with van der Waals surface area (Å²) in [6, 6.07) is 6.86. The summed E-state index contributed by atoms with van der Waals surface area (Å²) in [5.74, 6) is 1.94. The highest BCUT2D eigenvalue weighted by Gasteiger charge is 2.39. The maximum atomic E-state index is 6.74. The second-order valence-electron chi connectivity index (χ2n) is 7.15. The number of nitrogens with two attached hydrogens (primary N) is 1. The topological polar surface area (TPSA) is 26.0 Å². The summed E-state index contributed by atoms with van der Waals surface area (Å²) >= 11 is 0. The fraction of sp³-hybridized carbons (Fsp3) is 0.667. The molecule has 2 saturated carbocycles. The van der Waals surface area contributed by atoms with Gasteiger partial charge in [0.25, 0.3) is 0 Å². The Bertz CT molecular complexity index is 461. The Kier molecular flexibility index (Phi) is 3.42. The van der Waals surface area contributed by atoms with Crippen molar-refractivity contribution in [3.63, 3.8) is 0 Å². The van der Waals surface area contributed by atoms with E-state index in [0.717, 1.165) is 18.3 Å². The molecule has 0 aliphatic heterocycles. The van der Waals surface area contributed by atoms with E-state index in [2.05, 4.69) is 32.0 Å². The first-order valence-electron chi connectivity index (χ1n) is 7.91. The molecule has 19 heavy (non-hydrogen) atoms. The Morgan fingerprint density at radius 1 is 1.11 bits per heavy atom. The van der Waals surface area contributed by atoms with Gasteiger partial charge in [0.05, 0.1) is 0 Å². The Balaban J connectivity index is 1.71. The molecule has 1 aromatic rings. The smallest absolute Gasteiger partial charge is 0.0197 e. The molecule has 0 amide bonds. The molecule has 2 atom stereocenters. The van der Waals surface area contributed by atoms with E-state index < -0.39 is 0 Å². The molecular formula is C18H27N. The van der Waals surface area contributed by atoms with Crippen LogP contribution < -0.4 is 5.73 Å². The lowest BCUT2D eigenvalue weighted by molar-refractivity contribution is 0.204. The number of hydrogen-bond donors (Lipinski definition) is 1. The number of aryl methyl sites for hydroxylation is 2. The third-order valence-electron chi connectivity index (χ3n) is 5.33. The van der Waals surface area contributed by atoms with Gasteiger partial charge in [-0.15, -0.1) is 0 Å². The summed E-state index contributed by atoms with van der Waals surface area (Å²) in [6.45, 7) is 4.39. The molecule has 1 heteroatoms. The third-order valence-corrected chi connectivity index (χ3v) is 5.33. The SMILES string of the molecule is Cc1ccc(CC2(N)CCCC(C3CC3)C2)cc1C. The predicted octanol–water partition coefficient (Wildman–Crippen LogP) is 4.14. The molecular weight excluding hydrogens is 230 g/mol. The van der Waals surface area contributed by atoms with Crippen molar-refractivity contribution in [3.8, 4) is 0 Å². The molecule has 2 aliphatic rings. The minimum Gasteiger partial charge on any atom is -0.325 e. The van der Waals surface area contributed by atoms with Gasteiger partial charge in [0, 0.05) is 5.54 Å². The second-order valence-corrected chi connectivity index (χ2v) is 7.15. The van der Waals surface area contributed by atoms with Crippen LogP contribution in [0.4, 0.5) is 0 Å². The van der Waals surface area contributed by atoms with Gasteiger partial charge in [0.15, 0.2) is 0 Å². The first-order chi connectivity index (χ1) is 9.06. The van der Waals surface area contributed by atoms with E-state index in [1.807, 2.05) is 0 Å². The summed E-state index contributed by atoms with van der Waals surface area (Å²) < 4.78 is 0. The predicted molar refractivity (Wildman–Crippen MR) is 81.2 cm³/mol. The molecule has 0 saturated heterocycles. The third kappa shape index (κ3) is 3.02. The van der Waals surface area contributed by atoms with Crippen LogP contribution in [0.15, 0.2) is 18.2 Å². The van der Waals surface area contributed by atoms with Crippen molar-refractivity contribution in [3.05, 3.63) is 34.9 Å². The molecule has 0 aromatic heterocycles. The van der Waals surface area contributed by atoms with Gasteiger partial charge in [-0.3, -0.25) is 0 Å². The zero-order chi connectivity index (χ0) is 13.5. The van der Waals surface area contributed by atoms with Crippen LogP contribution in [-0.2, 0) is 6.42 Å². The van der Waals surface area contributed by atoms with Gasteiger partial charge in [-0.2, -0.15) is 0 Å². The first kappa shape index (κ1) is 13.2. The van der Waals surface area contributed by atoms with Crippen LogP contribution >= 0.6 is 0 Å². The fourth-order valence-electron chi connectivity index (χ4n) is 3.89. The summed E-state index contributed by atoms with van der Waals surface area (Å²) in [6.07, 6.45) is 9.22. The maximum Gasteiger partial charge on any atom is 0.0197 e. The zero-order valence-corrected chi connectivity index (χ0v) is 12.4. The summed E-state index contributed by atoms with van der Waals surface area (Å²) in [7, 11) is 0. The Labute approximate surface area is 117 Å². The lowest BCUT2D eigenvalue weighted by Crippen LogP contribution is -2.46. The Morgan fingerprint density at radius 2 is 1.89 bits per heavy atom. The van der Waals surface area contributed by atoms with Gasteiger partial charge in [-0.1, -0.05) is 31.0 Å². The lowest BCUT2D eigenvalue weighted by Gasteiger charge is -2.38. The van der Waals surface area contributed by atoms with Crippen molar-refractivity contribution in [2.45, 2.75) is 64.3 Å². The summed E-state index contributed by atoms with van der Waals surface area (Å²) in [5, 5.41) is 0. The fourth-order valence-corrected chi connectivity index (χ4v) is 3.89. The monoisotopic (exact) mass is 257 g/mol. The van der Waals surface area contributed by atoms with Crippen LogP contribution in [-0.4, -0.2) is 5.54 Å². The second kappa shape index (κ2) is 4.94. The first-order valence-corrected chi connectivity index (χ1v) is 7.91. The highest BCUT2D eigenvalue weighted by molar-refractivity contribution is 5.31. The molecule has 104 valence electrons. The summed E-state index contributed by atoms with van der Waals surface area (Å²) in [4.78, 5) is 0. The van der Waals surface area contributed by atoms with Crippen molar-refractivity contribution in [2.75, 3.05) is 0 Å². The van der Waals surface area contributed by atoms with Gasteiger partial charge >= 0.3 is 0 Å². The number of rotatable bonds is 3. The molecule has 0 bridgehead atoms. The van der Waals surface area contributed by atoms with Crippen LogP contribution in [0, 0.1) is 25.7 Å². The van der Waals surface area contributed by atoms with Gasteiger partial charge < -0.3 is 5.73 Å². The van der Waals surface area contributed by atoms with Crippen LogP contribution in [0.5, 0.6) is 0 Å². The molecule has 0 radical (unpaired) electrons. The van der Waals surface area contributed by atoms with Gasteiger partial charge in [0.1, 0.15) is 0 Å². The number of benzene rings is 1. The molecule has 1 aromatic carbocycles. The van der Waals surface area contributed by atoms with E-state index in [-0.39, 0.29) is 5.54 Å². The standard InChI is InChI=1S/C18H27N/c1-13-5-6-15(10-14(13)2)11-18(19)9-3-4-17(12-18)16-7-8-16/h5-6,10,16-17H,3-4,7-9,11-12,19H2,1-2H3. The normalized spacial score (nSPS) is 31.4. The quantitative estimate of drug-likeness (QED) is 0.865. The van der Waals surface area contributed by atoms with Crippen molar-refractivity contribution >= 4 is 0 Å². The Morgan fingerprint density at radius 3 is 2.58 bits per heavy atom. The molecule has 0 heterocycles. The van der Waals surface area contributed by atoms with Crippen LogP contribution in [0.2, 0.25) is 0 Å². The maximum absolute atomic E-state index is 6.74. The minimum atomic E-state index is 0.0627. The molecule has 2 unspecified atom stereocenters.